The lowest BCUT2D eigenvalue weighted by Gasteiger charge is -2.12. The zero-order valence-electron chi connectivity index (χ0n) is 12.2. The van der Waals surface area contributed by atoms with Crippen LogP contribution in [0.15, 0.2) is 48.8 Å². The van der Waals surface area contributed by atoms with Gasteiger partial charge in [-0.15, -0.1) is 0 Å². The van der Waals surface area contributed by atoms with Crippen LogP contribution in [-0.4, -0.2) is 22.7 Å². The van der Waals surface area contributed by atoms with Gasteiger partial charge in [-0.1, -0.05) is 12.1 Å². The van der Waals surface area contributed by atoms with Crippen LogP contribution in [0.5, 0.6) is 11.5 Å². The van der Waals surface area contributed by atoms with Crippen molar-refractivity contribution in [1.82, 2.24) is 4.98 Å². The molecular formula is C17H17NO4. The fraction of sp³-hybridized carbons (Fsp3) is 0.176. The van der Waals surface area contributed by atoms with Crippen molar-refractivity contribution in [1.29, 1.82) is 0 Å². The minimum absolute atomic E-state index is 0.387. The van der Waals surface area contributed by atoms with Crippen LogP contribution in [0.1, 0.15) is 18.1 Å². The molecule has 0 aliphatic rings. The van der Waals surface area contributed by atoms with Crippen molar-refractivity contribution in [3.8, 4) is 11.5 Å². The molecule has 114 valence electrons. The summed E-state index contributed by atoms with van der Waals surface area (Å²) in [5, 5.41) is 8.66. The number of carboxylic acid groups (broad SMARTS) is 1. The number of hydrogen-bond acceptors (Lipinski definition) is 4. The number of pyridine rings is 1. The van der Waals surface area contributed by atoms with Crippen LogP contribution in [0.2, 0.25) is 0 Å². The van der Waals surface area contributed by atoms with Crippen molar-refractivity contribution < 1.29 is 19.4 Å². The number of benzene rings is 1. The lowest BCUT2D eigenvalue weighted by molar-refractivity contribution is -0.131. The highest BCUT2D eigenvalue weighted by atomic mass is 16.5. The number of rotatable bonds is 7. The second-order valence-electron chi connectivity index (χ2n) is 4.46. The number of aromatic nitrogens is 1. The molecule has 0 radical (unpaired) electrons. The number of carbonyl (C=O) groups is 1. The third-order valence-corrected chi connectivity index (χ3v) is 2.80. The highest BCUT2D eigenvalue weighted by molar-refractivity contribution is 5.85. The van der Waals surface area contributed by atoms with Crippen molar-refractivity contribution in [3.05, 3.63) is 59.9 Å². The minimum Gasteiger partial charge on any atom is -0.490 e. The Morgan fingerprint density at radius 2 is 2.14 bits per heavy atom. The van der Waals surface area contributed by atoms with Crippen LogP contribution in [-0.2, 0) is 11.4 Å². The van der Waals surface area contributed by atoms with E-state index >= 15 is 0 Å². The Morgan fingerprint density at radius 3 is 2.82 bits per heavy atom. The molecule has 0 aliphatic carbocycles. The summed E-state index contributed by atoms with van der Waals surface area (Å²) in [6, 6.07) is 9.07. The third-order valence-electron chi connectivity index (χ3n) is 2.80. The first-order valence-corrected chi connectivity index (χ1v) is 6.88. The summed E-state index contributed by atoms with van der Waals surface area (Å²) in [5.41, 5.74) is 1.69. The molecule has 0 fully saturated rings. The summed E-state index contributed by atoms with van der Waals surface area (Å²) in [4.78, 5) is 14.6. The molecule has 0 atom stereocenters. The second kappa shape index (κ2) is 7.83. The maximum Gasteiger partial charge on any atom is 0.328 e. The molecule has 1 aromatic heterocycles. The predicted octanol–water partition coefficient (Wildman–Crippen LogP) is 3.16. The van der Waals surface area contributed by atoms with E-state index in [1.807, 2.05) is 19.1 Å². The van der Waals surface area contributed by atoms with Crippen LogP contribution >= 0.6 is 0 Å². The summed E-state index contributed by atoms with van der Waals surface area (Å²) < 4.78 is 11.3. The van der Waals surface area contributed by atoms with E-state index in [2.05, 4.69) is 4.98 Å². The topological polar surface area (TPSA) is 68.7 Å². The summed E-state index contributed by atoms with van der Waals surface area (Å²) in [6.07, 6.45) is 6.04. The molecule has 5 heteroatoms. The maximum atomic E-state index is 10.6. The molecule has 1 heterocycles. The van der Waals surface area contributed by atoms with Gasteiger partial charge in [-0.3, -0.25) is 4.98 Å². The fourth-order valence-electron chi connectivity index (χ4n) is 1.83. The Bertz CT molecular complexity index is 653. The van der Waals surface area contributed by atoms with E-state index in [4.69, 9.17) is 14.6 Å². The molecule has 0 saturated heterocycles. The van der Waals surface area contributed by atoms with Gasteiger partial charge in [0, 0.05) is 24.0 Å². The average molecular weight is 299 g/mol. The van der Waals surface area contributed by atoms with Gasteiger partial charge < -0.3 is 14.6 Å². The molecule has 2 aromatic rings. The average Bonchev–Trinajstić information content (AvgIpc) is 2.53. The number of hydrogen-bond donors (Lipinski definition) is 1. The highest BCUT2D eigenvalue weighted by Gasteiger charge is 2.06. The zero-order valence-corrected chi connectivity index (χ0v) is 12.2. The standard InChI is InChI=1S/C17H17NO4/c1-2-21-16-10-13(6-8-17(19)20)5-7-15(16)22-12-14-4-3-9-18-11-14/h3-11H,2,12H2,1H3,(H,19,20). The van der Waals surface area contributed by atoms with Crippen LogP contribution < -0.4 is 9.47 Å². The van der Waals surface area contributed by atoms with Gasteiger partial charge in [0.05, 0.1) is 6.61 Å². The van der Waals surface area contributed by atoms with E-state index in [-0.39, 0.29) is 0 Å². The fourth-order valence-corrected chi connectivity index (χ4v) is 1.83. The molecular weight excluding hydrogens is 282 g/mol. The molecule has 0 aliphatic heterocycles. The highest BCUT2D eigenvalue weighted by Crippen LogP contribution is 2.29. The number of ether oxygens (including phenoxy) is 2. The van der Waals surface area contributed by atoms with E-state index in [9.17, 15) is 4.79 Å². The molecule has 0 unspecified atom stereocenters. The molecule has 0 spiro atoms. The lowest BCUT2D eigenvalue weighted by Crippen LogP contribution is -2.00. The molecule has 2 rings (SSSR count). The summed E-state index contributed by atoms with van der Waals surface area (Å²) in [5.74, 6) is 0.201. The lowest BCUT2D eigenvalue weighted by atomic mass is 10.2. The van der Waals surface area contributed by atoms with Gasteiger partial charge in [-0.25, -0.2) is 4.79 Å². The first-order chi connectivity index (χ1) is 10.7. The van der Waals surface area contributed by atoms with Gasteiger partial charge in [-0.05, 0) is 36.8 Å². The van der Waals surface area contributed by atoms with Crippen molar-refractivity contribution in [2.75, 3.05) is 6.61 Å². The van der Waals surface area contributed by atoms with E-state index < -0.39 is 5.97 Å². The second-order valence-corrected chi connectivity index (χ2v) is 4.46. The van der Waals surface area contributed by atoms with E-state index in [1.165, 1.54) is 6.08 Å². The normalized spacial score (nSPS) is 10.6. The van der Waals surface area contributed by atoms with Gasteiger partial charge in [0.15, 0.2) is 11.5 Å². The molecule has 0 saturated carbocycles. The Morgan fingerprint density at radius 1 is 1.27 bits per heavy atom. The number of carboxylic acids is 1. The van der Waals surface area contributed by atoms with Gasteiger partial charge >= 0.3 is 5.97 Å². The predicted molar refractivity (Wildman–Crippen MR) is 82.8 cm³/mol. The van der Waals surface area contributed by atoms with Crippen LogP contribution in [0.4, 0.5) is 0 Å². The van der Waals surface area contributed by atoms with Gasteiger partial charge in [0.25, 0.3) is 0 Å². The van der Waals surface area contributed by atoms with E-state index in [0.29, 0.717) is 24.7 Å². The SMILES string of the molecule is CCOc1cc(C=CC(=O)O)ccc1OCc1cccnc1. The van der Waals surface area contributed by atoms with Crippen LogP contribution in [0.3, 0.4) is 0 Å². The Labute approximate surface area is 128 Å². The Hall–Kier alpha value is -2.82. The first kappa shape index (κ1) is 15.6. The van der Waals surface area contributed by atoms with Crippen molar-refractivity contribution in [3.63, 3.8) is 0 Å². The van der Waals surface area contributed by atoms with Crippen molar-refractivity contribution >= 4 is 12.0 Å². The number of nitrogens with zero attached hydrogens (tertiary/aromatic N) is 1. The monoisotopic (exact) mass is 299 g/mol. The third kappa shape index (κ3) is 4.63. The molecule has 5 nitrogen and oxygen atoms in total. The number of aliphatic carboxylic acids is 1. The molecule has 1 N–H and O–H groups in total. The molecule has 22 heavy (non-hydrogen) atoms. The van der Waals surface area contributed by atoms with Crippen molar-refractivity contribution in [2.24, 2.45) is 0 Å². The maximum absolute atomic E-state index is 10.6. The van der Waals surface area contributed by atoms with Crippen LogP contribution in [0.25, 0.3) is 6.08 Å². The molecule has 0 amide bonds. The van der Waals surface area contributed by atoms with Gasteiger partial charge in [0.1, 0.15) is 6.61 Å². The van der Waals surface area contributed by atoms with Gasteiger partial charge in [-0.2, -0.15) is 0 Å². The Balaban J connectivity index is 2.14. The largest absolute Gasteiger partial charge is 0.490 e. The molecule has 1 aromatic carbocycles. The first-order valence-electron chi connectivity index (χ1n) is 6.88. The summed E-state index contributed by atoms with van der Waals surface area (Å²) in [6.45, 7) is 2.76. The van der Waals surface area contributed by atoms with Crippen LogP contribution in [0, 0.1) is 0 Å². The van der Waals surface area contributed by atoms with E-state index in [1.54, 1.807) is 30.6 Å². The van der Waals surface area contributed by atoms with Crippen molar-refractivity contribution in [2.45, 2.75) is 13.5 Å². The molecule has 0 bridgehead atoms. The zero-order chi connectivity index (χ0) is 15.8. The summed E-state index contributed by atoms with van der Waals surface area (Å²) in [7, 11) is 0. The minimum atomic E-state index is -0.991. The van der Waals surface area contributed by atoms with E-state index in [0.717, 1.165) is 17.2 Å². The summed E-state index contributed by atoms with van der Waals surface area (Å²) >= 11 is 0. The van der Waals surface area contributed by atoms with Gasteiger partial charge in [0.2, 0.25) is 0 Å². The quantitative estimate of drug-likeness (QED) is 0.795. The Kier molecular flexibility index (Phi) is 5.54. The smallest absolute Gasteiger partial charge is 0.328 e.